The number of hydrogen-bond donors (Lipinski definition) is 1. The Morgan fingerprint density at radius 1 is 1.17 bits per heavy atom. The van der Waals surface area contributed by atoms with E-state index in [1.807, 2.05) is 61.0 Å². The normalized spacial score (nSPS) is 11.8. The van der Waals surface area contributed by atoms with Gasteiger partial charge in [-0.05, 0) is 44.0 Å². The Morgan fingerprint density at radius 3 is 2.65 bits per heavy atom. The van der Waals surface area contributed by atoms with Gasteiger partial charge in [-0.3, -0.25) is 4.72 Å². The summed E-state index contributed by atoms with van der Waals surface area (Å²) in [6.45, 7) is 5.51. The fraction of sp³-hybridized carbons (Fsp3) is 0.235. The number of anilines is 1. The highest BCUT2D eigenvalue weighted by atomic mass is 32.2. The Bertz CT molecular complexity index is 975. The minimum Gasteiger partial charge on any atom is -0.306 e. The van der Waals surface area contributed by atoms with Gasteiger partial charge >= 0.3 is 0 Å². The topological polar surface area (TPSA) is 63.5 Å². The molecule has 0 fully saturated rings. The number of sulfonamides is 1. The van der Waals surface area contributed by atoms with Gasteiger partial charge in [0.25, 0.3) is 0 Å². The molecule has 6 heteroatoms. The van der Waals surface area contributed by atoms with Gasteiger partial charge in [0, 0.05) is 18.0 Å². The number of fused-ring (bicyclic) bond motifs is 1. The first kappa shape index (κ1) is 15.6. The lowest BCUT2D eigenvalue weighted by molar-refractivity contribution is 0.602. The maximum atomic E-state index is 11.8. The molecule has 0 bridgehead atoms. The zero-order valence-corrected chi connectivity index (χ0v) is 14.2. The molecule has 2 heterocycles. The largest absolute Gasteiger partial charge is 0.306 e. The van der Waals surface area contributed by atoms with E-state index in [2.05, 4.69) is 9.71 Å². The van der Waals surface area contributed by atoms with Gasteiger partial charge in [-0.2, -0.15) is 0 Å². The summed E-state index contributed by atoms with van der Waals surface area (Å²) in [6.07, 6.45) is 3.90. The summed E-state index contributed by atoms with van der Waals surface area (Å²) in [5, 5.41) is 0. The van der Waals surface area contributed by atoms with Crippen LogP contribution in [0.3, 0.4) is 0 Å². The van der Waals surface area contributed by atoms with Crippen LogP contribution >= 0.6 is 0 Å². The maximum Gasteiger partial charge on any atom is 0.232 e. The summed E-state index contributed by atoms with van der Waals surface area (Å²) >= 11 is 0. The molecule has 2 aromatic heterocycles. The minimum atomic E-state index is -3.30. The monoisotopic (exact) mass is 329 g/mol. The van der Waals surface area contributed by atoms with Gasteiger partial charge < -0.3 is 4.40 Å². The van der Waals surface area contributed by atoms with Crippen LogP contribution in [0.4, 0.5) is 5.69 Å². The predicted octanol–water partition coefficient (Wildman–Crippen LogP) is 3.38. The Morgan fingerprint density at radius 2 is 1.96 bits per heavy atom. The molecule has 0 amide bonds. The Kier molecular flexibility index (Phi) is 3.85. The van der Waals surface area contributed by atoms with Gasteiger partial charge in [-0.25, -0.2) is 13.4 Å². The molecule has 0 saturated carbocycles. The van der Waals surface area contributed by atoms with Gasteiger partial charge in [0.1, 0.15) is 5.65 Å². The molecule has 3 aromatic rings. The van der Waals surface area contributed by atoms with E-state index in [9.17, 15) is 8.42 Å². The Labute approximate surface area is 136 Å². The second-order valence-corrected chi connectivity index (χ2v) is 7.59. The zero-order valence-electron chi connectivity index (χ0n) is 13.4. The first-order valence-corrected chi connectivity index (χ1v) is 9.10. The van der Waals surface area contributed by atoms with E-state index in [0.29, 0.717) is 5.69 Å². The molecule has 3 rings (SSSR count). The number of aryl methyl sites for hydroxylation is 2. The van der Waals surface area contributed by atoms with Crippen LogP contribution in [0.2, 0.25) is 0 Å². The smallest absolute Gasteiger partial charge is 0.232 e. The fourth-order valence-electron chi connectivity index (χ4n) is 2.42. The van der Waals surface area contributed by atoms with E-state index < -0.39 is 10.0 Å². The van der Waals surface area contributed by atoms with Crippen molar-refractivity contribution in [2.45, 2.75) is 20.8 Å². The maximum absolute atomic E-state index is 11.8. The summed E-state index contributed by atoms with van der Waals surface area (Å²) in [4.78, 5) is 4.66. The molecule has 120 valence electrons. The first-order chi connectivity index (χ1) is 10.9. The second-order valence-electron chi connectivity index (χ2n) is 5.58. The second kappa shape index (κ2) is 5.70. The molecule has 0 radical (unpaired) electrons. The van der Waals surface area contributed by atoms with Gasteiger partial charge in [-0.1, -0.05) is 18.2 Å². The van der Waals surface area contributed by atoms with Gasteiger partial charge in [0.15, 0.2) is 0 Å². The Balaban J connectivity index is 2.07. The van der Waals surface area contributed by atoms with Gasteiger partial charge in [0.2, 0.25) is 10.0 Å². The van der Waals surface area contributed by atoms with Crippen molar-refractivity contribution in [3.8, 4) is 11.3 Å². The summed E-state index contributed by atoms with van der Waals surface area (Å²) < 4.78 is 28.2. The lowest BCUT2D eigenvalue weighted by Gasteiger charge is -2.10. The molecule has 0 unspecified atom stereocenters. The molecular formula is C17H19N3O2S. The molecule has 0 aliphatic rings. The van der Waals surface area contributed by atoms with E-state index >= 15 is 0 Å². The quantitative estimate of drug-likeness (QED) is 0.798. The number of hydrogen-bond acceptors (Lipinski definition) is 3. The SMILES string of the molecule is CCS(=O)(=O)Nc1cc(-c2cn3cccc(C)c3n2)ccc1C. The number of pyridine rings is 1. The van der Waals surface area contributed by atoms with E-state index in [-0.39, 0.29) is 5.75 Å². The average molecular weight is 329 g/mol. The minimum absolute atomic E-state index is 0.0459. The van der Waals surface area contributed by atoms with Crippen molar-refractivity contribution in [3.05, 3.63) is 53.9 Å². The van der Waals surface area contributed by atoms with Crippen molar-refractivity contribution < 1.29 is 8.42 Å². The molecule has 5 nitrogen and oxygen atoms in total. The molecule has 0 saturated heterocycles. The van der Waals surface area contributed by atoms with E-state index in [4.69, 9.17) is 0 Å². The highest BCUT2D eigenvalue weighted by Crippen LogP contribution is 2.26. The number of nitrogens with zero attached hydrogens (tertiary/aromatic N) is 2. The van der Waals surface area contributed by atoms with E-state index in [0.717, 1.165) is 28.0 Å². The highest BCUT2D eigenvalue weighted by molar-refractivity contribution is 7.92. The van der Waals surface area contributed by atoms with Crippen molar-refractivity contribution >= 4 is 21.4 Å². The van der Waals surface area contributed by atoms with Gasteiger partial charge in [-0.15, -0.1) is 0 Å². The first-order valence-electron chi connectivity index (χ1n) is 7.45. The van der Waals surface area contributed by atoms with Crippen LogP contribution in [-0.4, -0.2) is 23.6 Å². The number of imidazole rings is 1. The van der Waals surface area contributed by atoms with Crippen LogP contribution in [0.5, 0.6) is 0 Å². The van der Waals surface area contributed by atoms with Crippen molar-refractivity contribution in [2.24, 2.45) is 0 Å². The van der Waals surface area contributed by atoms with Crippen LogP contribution in [-0.2, 0) is 10.0 Å². The van der Waals surface area contributed by atoms with Crippen LogP contribution in [0.25, 0.3) is 16.9 Å². The van der Waals surface area contributed by atoms with Crippen molar-refractivity contribution in [3.63, 3.8) is 0 Å². The molecule has 0 aliphatic heterocycles. The molecule has 1 N–H and O–H groups in total. The van der Waals surface area contributed by atoms with Crippen molar-refractivity contribution in [1.29, 1.82) is 0 Å². The van der Waals surface area contributed by atoms with E-state index in [1.165, 1.54) is 0 Å². The third-order valence-electron chi connectivity index (χ3n) is 3.86. The van der Waals surface area contributed by atoms with Crippen LogP contribution in [0.1, 0.15) is 18.1 Å². The number of nitrogens with one attached hydrogen (secondary N) is 1. The van der Waals surface area contributed by atoms with Crippen LogP contribution < -0.4 is 4.72 Å². The lowest BCUT2D eigenvalue weighted by Crippen LogP contribution is -2.15. The molecule has 0 aliphatic carbocycles. The molecule has 0 atom stereocenters. The van der Waals surface area contributed by atoms with Gasteiger partial charge in [0.05, 0.1) is 17.1 Å². The third kappa shape index (κ3) is 3.07. The average Bonchev–Trinajstić information content (AvgIpc) is 2.95. The number of rotatable bonds is 4. The number of benzene rings is 1. The summed E-state index contributed by atoms with van der Waals surface area (Å²) in [7, 11) is -3.30. The summed E-state index contributed by atoms with van der Waals surface area (Å²) in [6, 6.07) is 9.68. The number of aromatic nitrogens is 2. The van der Waals surface area contributed by atoms with Crippen molar-refractivity contribution in [2.75, 3.05) is 10.5 Å². The molecule has 23 heavy (non-hydrogen) atoms. The lowest BCUT2D eigenvalue weighted by atomic mass is 10.1. The molecular weight excluding hydrogens is 310 g/mol. The van der Waals surface area contributed by atoms with Crippen LogP contribution in [0, 0.1) is 13.8 Å². The standard InChI is InChI=1S/C17H19N3O2S/c1-4-23(21,22)19-15-10-14(8-7-12(15)2)16-11-20-9-5-6-13(3)17(20)18-16/h5-11,19H,4H2,1-3H3. The highest BCUT2D eigenvalue weighted by Gasteiger charge is 2.12. The third-order valence-corrected chi connectivity index (χ3v) is 5.15. The summed E-state index contributed by atoms with van der Waals surface area (Å²) in [5.74, 6) is 0.0459. The predicted molar refractivity (Wildman–Crippen MR) is 93.2 cm³/mol. The molecule has 1 aromatic carbocycles. The van der Waals surface area contributed by atoms with Crippen molar-refractivity contribution in [1.82, 2.24) is 9.38 Å². The zero-order chi connectivity index (χ0) is 16.6. The Hall–Kier alpha value is -2.34. The van der Waals surface area contributed by atoms with E-state index in [1.54, 1.807) is 6.92 Å². The fourth-order valence-corrected chi connectivity index (χ4v) is 3.12. The molecule has 0 spiro atoms. The van der Waals surface area contributed by atoms with Crippen LogP contribution in [0.15, 0.2) is 42.7 Å². The summed E-state index contributed by atoms with van der Waals surface area (Å²) in [5.41, 5.74) is 5.17.